The molecule has 2 aromatic carbocycles. The van der Waals surface area contributed by atoms with Gasteiger partial charge in [-0.2, -0.15) is 0 Å². The van der Waals surface area contributed by atoms with E-state index in [1.165, 1.54) is 12.1 Å². The number of fused-ring (bicyclic) bond motifs is 1. The van der Waals surface area contributed by atoms with Gasteiger partial charge >= 0.3 is 5.97 Å². The Kier molecular flexibility index (Phi) is 3.28. The number of halogens is 1. The Balaban J connectivity index is 1.69. The molecule has 2 aromatic rings. The van der Waals surface area contributed by atoms with Crippen LogP contribution in [0.1, 0.15) is 22.3 Å². The molecule has 0 radical (unpaired) electrons. The number of carbonyl (C=O) groups excluding carboxylic acids is 1. The van der Waals surface area contributed by atoms with Gasteiger partial charge in [0.1, 0.15) is 5.82 Å². The Morgan fingerprint density at radius 2 is 1.91 bits per heavy atom. The van der Waals surface area contributed by atoms with E-state index in [2.05, 4.69) is 4.99 Å². The van der Waals surface area contributed by atoms with Crippen molar-refractivity contribution >= 4 is 17.9 Å². The number of benzene rings is 2. The van der Waals surface area contributed by atoms with Crippen LogP contribution in [0, 0.1) is 5.82 Å². The molecule has 0 saturated carbocycles. The van der Waals surface area contributed by atoms with Crippen molar-refractivity contribution in [3.05, 3.63) is 76.2 Å². The van der Waals surface area contributed by atoms with Crippen LogP contribution in [0.4, 0.5) is 4.39 Å². The summed E-state index contributed by atoms with van der Waals surface area (Å²) in [5.74, 6) is -1.07. The number of hydrogen-bond acceptors (Lipinski definition) is 4. The van der Waals surface area contributed by atoms with Crippen LogP contribution in [-0.4, -0.2) is 11.9 Å². The minimum atomic E-state index is -0.583. The summed E-state index contributed by atoms with van der Waals surface area (Å²) in [6.45, 7) is 1.18. The van der Waals surface area contributed by atoms with Gasteiger partial charge < -0.3 is 9.47 Å². The Bertz CT molecular complexity index is 870. The maximum absolute atomic E-state index is 13.8. The summed E-state index contributed by atoms with van der Waals surface area (Å²) < 4.78 is 24.2. The first-order chi connectivity index (χ1) is 11.2. The van der Waals surface area contributed by atoms with E-state index >= 15 is 0 Å². The van der Waals surface area contributed by atoms with Gasteiger partial charge in [-0.25, -0.2) is 14.2 Å². The summed E-state index contributed by atoms with van der Waals surface area (Å²) in [5.41, 5.74) is 3.41. The zero-order valence-corrected chi connectivity index (χ0v) is 12.1. The highest BCUT2D eigenvalue weighted by molar-refractivity contribution is 6.12. The minimum Gasteiger partial charge on any atom is -0.402 e. The lowest BCUT2D eigenvalue weighted by molar-refractivity contribution is -0.129. The van der Waals surface area contributed by atoms with Crippen molar-refractivity contribution in [1.82, 2.24) is 0 Å². The van der Waals surface area contributed by atoms with Crippen molar-refractivity contribution in [2.45, 2.75) is 13.2 Å². The van der Waals surface area contributed by atoms with E-state index in [0.717, 1.165) is 16.7 Å². The van der Waals surface area contributed by atoms with Gasteiger partial charge in [0.05, 0.1) is 18.8 Å². The Morgan fingerprint density at radius 1 is 1.09 bits per heavy atom. The van der Waals surface area contributed by atoms with Crippen molar-refractivity contribution in [2.75, 3.05) is 0 Å². The fourth-order valence-electron chi connectivity index (χ4n) is 2.60. The van der Waals surface area contributed by atoms with Gasteiger partial charge in [0.2, 0.25) is 5.90 Å². The molecule has 4 nitrogen and oxygen atoms in total. The number of carbonyl (C=O) groups is 1. The normalized spacial score (nSPS) is 18.0. The van der Waals surface area contributed by atoms with E-state index in [4.69, 9.17) is 9.47 Å². The second-order valence-electron chi connectivity index (χ2n) is 5.34. The predicted octanol–water partition coefficient (Wildman–Crippen LogP) is 3.20. The van der Waals surface area contributed by atoms with Crippen molar-refractivity contribution in [3.8, 4) is 0 Å². The van der Waals surface area contributed by atoms with Crippen LogP contribution in [0.5, 0.6) is 0 Å². The van der Waals surface area contributed by atoms with Crippen LogP contribution in [0.3, 0.4) is 0 Å². The zero-order valence-electron chi connectivity index (χ0n) is 12.1. The van der Waals surface area contributed by atoms with Crippen LogP contribution in [-0.2, 0) is 27.5 Å². The topological polar surface area (TPSA) is 47.9 Å². The third-order valence-corrected chi connectivity index (χ3v) is 3.77. The Hall–Kier alpha value is -2.79. The Morgan fingerprint density at radius 3 is 2.78 bits per heavy atom. The fourth-order valence-corrected chi connectivity index (χ4v) is 2.60. The quantitative estimate of drug-likeness (QED) is 0.632. The van der Waals surface area contributed by atoms with Gasteiger partial charge in [-0.1, -0.05) is 24.3 Å². The van der Waals surface area contributed by atoms with Crippen LogP contribution in [0.2, 0.25) is 0 Å². The lowest BCUT2D eigenvalue weighted by Crippen LogP contribution is -2.07. The van der Waals surface area contributed by atoms with Crippen molar-refractivity contribution in [3.63, 3.8) is 0 Å². The zero-order chi connectivity index (χ0) is 15.8. The molecule has 0 atom stereocenters. The number of aliphatic imine (C=N–C) groups is 1. The first kappa shape index (κ1) is 13.8. The molecule has 0 fully saturated rings. The van der Waals surface area contributed by atoms with Crippen molar-refractivity contribution in [2.24, 2.45) is 4.99 Å². The molecule has 0 saturated heterocycles. The number of esters is 1. The first-order valence-corrected chi connectivity index (χ1v) is 7.18. The Labute approximate surface area is 131 Å². The number of hydrogen-bond donors (Lipinski definition) is 0. The average molecular weight is 309 g/mol. The summed E-state index contributed by atoms with van der Waals surface area (Å²) in [7, 11) is 0. The highest BCUT2D eigenvalue weighted by Gasteiger charge is 2.26. The molecule has 4 rings (SSSR count). The van der Waals surface area contributed by atoms with Crippen molar-refractivity contribution in [1.29, 1.82) is 0 Å². The molecule has 0 aliphatic carbocycles. The second-order valence-corrected chi connectivity index (χ2v) is 5.34. The molecule has 2 aliphatic heterocycles. The largest absolute Gasteiger partial charge is 0.402 e. The molecule has 0 bridgehead atoms. The molecule has 5 heteroatoms. The predicted molar refractivity (Wildman–Crippen MR) is 81.9 cm³/mol. The number of nitrogens with zero attached hydrogens (tertiary/aromatic N) is 1. The molecule has 0 unspecified atom stereocenters. The fraction of sp³-hybridized carbons (Fsp3) is 0.111. The lowest BCUT2D eigenvalue weighted by Gasteiger charge is -1.99. The molecule has 23 heavy (non-hydrogen) atoms. The standard InChI is InChI=1S/C18H12FNO3/c19-15-4-2-1-3-14(15)17-20-16(18(21)23-17)8-11-5-6-12-9-22-10-13(12)7-11/h1-8H,9-10H2. The smallest absolute Gasteiger partial charge is 0.363 e. The maximum Gasteiger partial charge on any atom is 0.363 e. The SMILES string of the molecule is O=C1OC(c2ccccc2F)=NC1=Cc1ccc2c(c1)COC2. The third kappa shape index (κ3) is 2.55. The number of ether oxygens (including phenoxy) is 2. The molecular formula is C18H12FNO3. The van der Waals surface area contributed by atoms with Crippen LogP contribution in [0.25, 0.3) is 6.08 Å². The summed E-state index contributed by atoms with van der Waals surface area (Å²) in [4.78, 5) is 16.1. The van der Waals surface area contributed by atoms with Gasteiger partial charge in [-0.05, 0) is 41.0 Å². The lowest BCUT2D eigenvalue weighted by atomic mass is 10.1. The summed E-state index contributed by atoms with van der Waals surface area (Å²) in [5, 5.41) is 0. The molecule has 0 N–H and O–H groups in total. The van der Waals surface area contributed by atoms with Crippen molar-refractivity contribution < 1.29 is 18.7 Å². The minimum absolute atomic E-state index is 0.0103. The molecule has 0 spiro atoms. The van der Waals surface area contributed by atoms with Gasteiger partial charge in [-0.15, -0.1) is 0 Å². The first-order valence-electron chi connectivity index (χ1n) is 7.18. The van der Waals surface area contributed by atoms with E-state index < -0.39 is 11.8 Å². The summed E-state index contributed by atoms with van der Waals surface area (Å²) >= 11 is 0. The van der Waals surface area contributed by atoms with E-state index in [1.54, 1.807) is 18.2 Å². The van der Waals surface area contributed by atoms with Crippen LogP contribution in [0.15, 0.2) is 53.2 Å². The summed E-state index contributed by atoms with van der Waals surface area (Å²) in [6.07, 6.45) is 1.63. The van der Waals surface area contributed by atoms with Gasteiger partial charge in [0.25, 0.3) is 0 Å². The van der Waals surface area contributed by atoms with Crippen LogP contribution >= 0.6 is 0 Å². The van der Waals surface area contributed by atoms with E-state index in [9.17, 15) is 9.18 Å². The molecule has 114 valence electrons. The summed E-state index contributed by atoms with van der Waals surface area (Å²) in [6, 6.07) is 11.9. The van der Waals surface area contributed by atoms with E-state index in [0.29, 0.717) is 13.2 Å². The van der Waals surface area contributed by atoms with Gasteiger partial charge in [-0.3, -0.25) is 0 Å². The second kappa shape index (κ2) is 5.44. The van der Waals surface area contributed by atoms with E-state index in [-0.39, 0.29) is 17.2 Å². The molecule has 0 aromatic heterocycles. The number of rotatable bonds is 2. The maximum atomic E-state index is 13.8. The molecular weight excluding hydrogens is 297 g/mol. The van der Waals surface area contributed by atoms with Crippen LogP contribution < -0.4 is 0 Å². The third-order valence-electron chi connectivity index (χ3n) is 3.77. The molecule has 0 amide bonds. The average Bonchev–Trinajstić information content (AvgIpc) is 3.14. The monoisotopic (exact) mass is 309 g/mol. The molecule has 2 aliphatic rings. The number of cyclic esters (lactones) is 1. The highest BCUT2D eigenvalue weighted by atomic mass is 19.1. The highest BCUT2D eigenvalue weighted by Crippen LogP contribution is 2.24. The van der Waals surface area contributed by atoms with E-state index in [1.807, 2.05) is 18.2 Å². The molecule has 2 heterocycles. The van der Waals surface area contributed by atoms with Gasteiger partial charge in [0, 0.05) is 0 Å². The van der Waals surface area contributed by atoms with Gasteiger partial charge in [0.15, 0.2) is 5.70 Å².